The molecule has 1 aliphatic rings. The third kappa shape index (κ3) is 3.41. The van der Waals surface area contributed by atoms with Crippen molar-refractivity contribution in [3.63, 3.8) is 0 Å². The van der Waals surface area contributed by atoms with Gasteiger partial charge in [-0.3, -0.25) is 4.79 Å². The maximum absolute atomic E-state index is 12.8. The lowest BCUT2D eigenvalue weighted by molar-refractivity contribution is -0.155. The van der Waals surface area contributed by atoms with Gasteiger partial charge in [0.2, 0.25) is 0 Å². The summed E-state index contributed by atoms with van der Waals surface area (Å²) in [4.78, 5) is 12.1. The molecule has 1 aromatic rings. The summed E-state index contributed by atoms with van der Waals surface area (Å²) in [5, 5.41) is 5.71. The number of amides is 1. The van der Waals surface area contributed by atoms with Crippen molar-refractivity contribution in [1.29, 1.82) is 0 Å². The predicted molar refractivity (Wildman–Crippen MR) is 68.4 cm³/mol. The first-order valence-corrected chi connectivity index (χ1v) is 6.74. The number of nitrogens with one attached hydrogen (secondary N) is 1. The molecule has 0 aromatic carbocycles. The smallest absolute Gasteiger partial charge is 0.381 e. The molecule has 1 saturated heterocycles. The minimum Gasteiger partial charge on any atom is -0.381 e. The molecule has 1 amide bonds. The number of methoxy groups -OCH3 is 1. The van der Waals surface area contributed by atoms with Crippen molar-refractivity contribution in [2.45, 2.75) is 31.5 Å². The van der Waals surface area contributed by atoms with Gasteiger partial charge in [0.1, 0.15) is 5.56 Å². The average molecular weight is 322 g/mol. The molecule has 124 valence electrons. The molecule has 22 heavy (non-hydrogen) atoms. The van der Waals surface area contributed by atoms with Crippen LogP contribution >= 0.6 is 0 Å². The number of rotatable bonds is 4. The lowest BCUT2D eigenvalue weighted by Gasteiger charge is -2.35. The molecule has 0 unspecified atom stereocenters. The maximum atomic E-state index is 12.8. The predicted octanol–water partition coefficient (Wildman–Crippen LogP) is 1.93. The molecule has 1 N–H and O–H groups in total. The fourth-order valence-corrected chi connectivity index (χ4v) is 2.36. The molecule has 0 spiro atoms. The SMILES string of the molecule is COC1(CNC(=O)c2c(C)noc2C(F)(F)F)CCOCC1. The lowest BCUT2D eigenvalue weighted by Crippen LogP contribution is -2.48. The summed E-state index contributed by atoms with van der Waals surface area (Å²) in [6.07, 6.45) is -3.66. The van der Waals surface area contributed by atoms with Crippen molar-refractivity contribution in [3.05, 3.63) is 17.0 Å². The van der Waals surface area contributed by atoms with Gasteiger partial charge in [0, 0.05) is 39.7 Å². The first-order chi connectivity index (χ1) is 10.3. The van der Waals surface area contributed by atoms with Gasteiger partial charge in [0.25, 0.3) is 11.7 Å². The second-order valence-corrected chi connectivity index (χ2v) is 5.15. The molecule has 1 aliphatic heterocycles. The largest absolute Gasteiger partial charge is 0.453 e. The van der Waals surface area contributed by atoms with Gasteiger partial charge in [0.15, 0.2) is 0 Å². The van der Waals surface area contributed by atoms with Crippen LogP contribution in [0.5, 0.6) is 0 Å². The lowest BCUT2D eigenvalue weighted by atomic mass is 9.94. The van der Waals surface area contributed by atoms with E-state index in [1.807, 2.05) is 0 Å². The molecule has 1 aromatic heterocycles. The minimum atomic E-state index is -4.77. The Morgan fingerprint density at radius 2 is 2.05 bits per heavy atom. The normalized spacial score (nSPS) is 18.2. The summed E-state index contributed by atoms with van der Waals surface area (Å²) < 4.78 is 53.3. The van der Waals surface area contributed by atoms with Crippen LogP contribution in [0.25, 0.3) is 0 Å². The Balaban J connectivity index is 2.11. The molecule has 0 aliphatic carbocycles. The number of hydrogen-bond acceptors (Lipinski definition) is 5. The summed E-state index contributed by atoms with van der Waals surface area (Å²) >= 11 is 0. The molecule has 9 heteroatoms. The quantitative estimate of drug-likeness (QED) is 0.917. The number of nitrogens with zero attached hydrogens (tertiary/aromatic N) is 1. The van der Waals surface area contributed by atoms with E-state index in [1.54, 1.807) is 0 Å². The molecule has 2 heterocycles. The first-order valence-electron chi connectivity index (χ1n) is 6.74. The maximum Gasteiger partial charge on any atom is 0.453 e. The molecular weight excluding hydrogens is 305 g/mol. The first kappa shape index (κ1) is 16.8. The summed E-state index contributed by atoms with van der Waals surface area (Å²) in [7, 11) is 1.50. The van der Waals surface area contributed by atoms with Gasteiger partial charge in [-0.05, 0) is 6.92 Å². The van der Waals surface area contributed by atoms with Crippen LogP contribution in [0.1, 0.15) is 34.7 Å². The van der Waals surface area contributed by atoms with Gasteiger partial charge in [-0.25, -0.2) is 0 Å². The van der Waals surface area contributed by atoms with E-state index in [4.69, 9.17) is 9.47 Å². The third-order valence-corrected chi connectivity index (χ3v) is 3.76. The van der Waals surface area contributed by atoms with Gasteiger partial charge in [-0.1, -0.05) is 5.16 Å². The van der Waals surface area contributed by atoms with Crippen LogP contribution in [-0.4, -0.2) is 43.5 Å². The summed E-state index contributed by atoms with van der Waals surface area (Å²) in [5.74, 6) is -2.27. The highest BCUT2D eigenvalue weighted by molar-refractivity contribution is 5.96. The van der Waals surface area contributed by atoms with Crippen molar-refractivity contribution in [3.8, 4) is 0 Å². The molecule has 0 atom stereocenters. The second-order valence-electron chi connectivity index (χ2n) is 5.15. The van der Waals surface area contributed by atoms with E-state index in [0.717, 1.165) is 0 Å². The van der Waals surface area contributed by atoms with Crippen LogP contribution in [0.2, 0.25) is 0 Å². The molecular formula is C13H17F3N2O4. The highest BCUT2D eigenvalue weighted by Crippen LogP contribution is 2.33. The number of alkyl halides is 3. The zero-order chi connectivity index (χ0) is 16.4. The number of hydrogen-bond donors (Lipinski definition) is 1. The molecule has 6 nitrogen and oxygen atoms in total. The van der Waals surface area contributed by atoms with Crippen LogP contribution < -0.4 is 5.32 Å². The van der Waals surface area contributed by atoms with Crippen LogP contribution in [-0.2, 0) is 15.7 Å². The van der Waals surface area contributed by atoms with Crippen LogP contribution in [0.3, 0.4) is 0 Å². The Labute approximate surface area is 124 Å². The highest BCUT2D eigenvalue weighted by atomic mass is 19.4. The number of aryl methyl sites for hydroxylation is 1. The van der Waals surface area contributed by atoms with E-state index >= 15 is 0 Å². The van der Waals surface area contributed by atoms with Gasteiger partial charge in [0.05, 0.1) is 11.3 Å². The molecule has 0 saturated carbocycles. The van der Waals surface area contributed by atoms with Crippen molar-refractivity contribution in [2.75, 3.05) is 26.9 Å². The topological polar surface area (TPSA) is 73.6 Å². The Morgan fingerprint density at radius 3 is 2.59 bits per heavy atom. The van der Waals surface area contributed by atoms with Crippen molar-refractivity contribution in [1.82, 2.24) is 10.5 Å². The van der Waals surface area contributed by atoms with Crippen molar-refractivity contribution < 1.29 is 32.0 Å². The molecule has 1 fully saturated rings. The van der Waals surface area contributed by atoms with E-state index < -0.39 is 29.0 Å². The zero-order valence-electron chi connectivity index (χ0n) is 12.2. The van der Waals surface area contributed by atoms with Crippen LogP contribution in [0, 0.1) is 6.92 Å². The number of carbonyl (C=O) groups is 1. The van der Waals surface area contributed by atoms with Crippen molar-refractivity contribution in [2.24, 2.45) is 0 Å². The van der Waals surface area contributed by atoms with E-state index in [9.17, 15) is 18.0 Å². The third-order valence-electron chi connectivity index (χ3n) is 3.76. The Morgan fingerprint density at radius 1 is 1.41 bits per heavy atom. The fraction of sp³-hybridized carbons (Fsp3) is 0.692. The van der Waals surface area contributed by atoms with Gasteiger partial charge < -0.3 is 19.3 Å². The Bertz CT molecular complexity index is 536. The van der Waals surface area contributed by atoms with E-state index in [0.29, 0.717) is 26.1 Å². The van der Waals surface area contributed by atoms with Gasteiger partial charge in [-0.15, -0.1) is 0 Å². The summed E-state index contributed by atoms with van der Waals surface area (Å²) in [5.41, 5.74) is -1.33. The molecule has 0 radical (unpaired) electrons. The number of ether oxygens (including phenoxy) is 2. The van der Waals surface area contributed by atoms with Crippen molar-refractivity contribution >= 4 is 5.91 Å². The average Bonchev–Trinajstić information content (AvgIpc) is 2.88. The van der Waals surface area contributed by atoms with Crippen LogP contribution in [0.4, 0.5) is 13.2 Å². The Hall–Kier alpha value is -1.61. The van der Waals surface area contributed by atoms with Gasteiger partial charge >= 0.3 is 6.18 Å². The molecule has 0 bridgehead atoms. The standard InChI is InChI=1S/C13H17F3N2O4/c1-8-9(10(22-18-8)13(14,15)16)11(19)17-7-12(20-2)3-5-21-6-4-12/h3-7H2,1-2H3,(H,17,19). The van der Waals surface area contributed by atoms with E-state index in [2.05, 4.69) is 15.0 Å². The number of halogens is 3. The summed E-state index contributed by atoms with van der Waals surface area (Å²) in [6, 6.07) is 0. The fourth-order valence-electron chi connectivity index (χ4n) is 2.36. The second kappa shape index (κ2) is 6.25. The number of aromatic nitrogens is 1. The van der Waals surface area contributed by atoms with E-state index in [-0.39, 0.29) is 12.2 Å². The number of carbonyl (C=O) groups excluding carboxylic acids is 1. The van der Waals surface area contributed by atoms with E-state index in [1.165, 1.54) is 14.0 Å². The summed E-state index contributed by atoms with van der Waals surface area (Å²) in [6.45, 7) is 2.33. The van der Waals surface area contributed by atoms with Gasteiger partial charge in [-0.2, -0.15) is 13.2 Å². The van der Waals surface area contributed by atoms with Crippen LogP contribution in [0.15, 0.2) is 4.52 Å². The highest BCUT2D eigenvalue weighted by Gasteiger charge is 2.42. The Kier molecular flexibility index (Phi) is 4.76. The molecule has 2 rings (SSSR count). The minimum absolute atomic E-state index is 0.0909. The monoisotopic (exact) mass is 322 g/mol. The zero-order valence-corrected chi connectivity index (χ0v) is 12.2.